The van der Waals surface area contributed by atoms with E-state index in [4.69, 9.17) is 0 Å². The summed E-state index contributed by atoms with van der Waals surface area (Å²) in [6.45, 7) is 4.21. The molecule has 0 saturated heterocycles. The van der Waals surface area contributed by atoms with E-state index in [-0.39, 0.29) is 22.8 Å². The Bertz CT molecular complexity index is 569. The van der Waals surface area contributed by atoms with E-state index in [0.29, 0.717) is 5.69 Å². The molecule has 2 rings (SSSR count). The highest BCUT2D eigenvalue weighted by Gasteiger charge is 2.37. The van der Waals surface area contributed by atoms with Crippen molar-refractivity contribution in [3.05, 3.63) is 28.2 Å². The minimum Gasteiger partial charge on any atom is -0.478 e. The molecule has 1 amide bonds. The van der Waals surface area contributed by atoms with Gasteiger partial charge in [0.25, 0.3) is 0 Å². The molecular formula is C16H20BrNO3. The average Bonchev–Trinajstić information content (AvgIpc) is 2.37. The number of carbonyl (C=O) groups excluding carboxylic acids is 1. The average molecular weight is 354 g/mol. The molecule has 1 aromatic rings. The molecule has 1 aromatic carbocycles. The number of amides is 1. The number of hydrogen-bond donors (Lipinski definition) is 2. The molecule has 114 valence electrons. The number of hydrogen-bond acceptors (Lipinski definition) is 2. The summed E-state index contributed by atoms with van der Waals surface area (Å²) in [5, 5.41) is 12.0. The molecule has 0 heterocycles. The molecule has 1 saturated carbocycles. The van der Waals surface area contributed by atoms with Crippen LogP contribution < -0.4 is 5.32 Å². The number of anilines is 1. The summed E-state index contributed by atoms with van der Waals surface area (Å²) in [6.07, 6.45) is 4.07. The van der Waals surface area contributed by atoms with E-state index in [0.717, 1.165) is 30.2 Å². The third-order valence-corrected chi connectivity index (χ3v) is 4.79. The summed E-state index contributed by atoms with van der Waals surface area (Å²) in [5.41, 5.74) is 0.418. The standard InChI is InChI=1S/C16H20BrNO3/c1-16(2)8-4-3-5-12(16)14(19)18-13-9-10(17)6-7-11(13)15(20)21/h6-7,9,12H,3-5,8H2,1-2H3,(H,18,19)(H,20,21). The highest BCUT2D eigenvalue weighted by molar-refractivity contribution is 9.10. The van der Waals surface area contributed by atoms with E-state index >= 15 is 0 Å². The van der Waals surface area contributed by atoms with Gasteiger partial charge in [-0.05, 0) is 36.5 Å². The Morgan fingerprint density at radius 2 is 2.05 bits per heavy atom. The Hall–Kier alpha value is -1.36. The molecular weight excluding hydrogens is 334 g/mol. The molecule has 1 aliphatic rings. The summed E-state index contributed by atoms with van der Waals surface area (Å²) in [4.78, 5) is 23.8. The van der Waals surface area contributed by atoms with Gasteiger partial charge in [-0.25, -0.2) is 4.79 Å². The van der Waals surface area contributed by atoms with Crippen LogP contribution in [0.1, 0.15) is 49.9 Å². The molecule has 4 nitrogen and oxygen atoms in total. The first-order chi connectivity index (χ1) is 9.81. The summed E-state index contributed by atoms with van der Waals surface area (Å²) in [7, 11) is 0. The zero-order valence-corrected chi connectivity index (χ0v) is 13.9. The molecule has 0 aromatic heterocycles. The fourth-order valence-electron chi connectivity index (χ4n) is 3.01. The second kappa shape index (κ2) is 6.18. The van der Waals surface area contributed by atoms with Crippen molar-refractivity contribution >= 4 is 33.5 Å². The number of aromatic carboxylic acids is 1. The zero-order chi connectivity index (χ0) is 15.6. The quantitative estimate of drug-likeness (QED) is 0.850. The number of carboxylic acid groups (broad SMARTS) is 1. The molecule has 0 bridgehead atoms. The van der Waals surface area contributed by atoms with Gasteiger partial charge in [0, 0.05) is 10.4 Å². The zero-order valence-electron chi connectivity index (χ0n) is 12.3. The monoisotopic (exact) mass is 353 g/mol. The van der Waals surface area contributed by atoms with Crippen LogP contribution in [-0.2, 0) is 4.79 Å². The van der Waals surface area contributed by atoms with E-state index in [1.165, 1.54) is 6.07 Å². The van der Waals surface area contributed by atoms with Gasteiger partial charge in [0.05, 0.1) is 11.3 Å². The first-order valence-corrected chi connectivity index (χ1v) is 7.94. The van der Waals surface area contributed by atoms with Crippen molar-refractivity contribution in [3.63, 3.8) is 0 Å². The number of halogens is 1. The summed E-state index contributed by atoms with van der Waals surface area (Å²) in [5.74, 6) is -1.20. The molecule has 0 aliphatic heterocycles. The summed E-state index contributed by atoms with van der Waals surface area (Å²) < 4.78 is 0.741. The van der Waals surface area contributed by atoms with Crippen molar-refractivity contribution in [2.75, 3.05) is 5.32 Å². The second-order valence-electron chi connectivity index (χ2n) is 6.27. The van der Waals surface area contributed by atoms with Gasteiger partial charge in [0.1, 0.15) is 0 Å². The van der Waals surface area contributed by atoms with Crippen LogP contribution in [0.5, 0.6) is 0 Å². The van der Waals surface area contributed by atoms with Crippen molar-refractivity contribution < 1.29 is 14.7 Å². The minimum atomic E-state index is -1.04. The lowest BCUT2D eigenvalue weighted by Crippen LogP contribution is -2.37. The highest BCUT2D eigenvalue weighted by Crippen LogP contribution is 2.41. The Morgan fingerprint density at radius 3 is 2.67 bits per heavy atom. The fourth-order valence-corrected chi connectivity index (χ4v) is 3.37. The molecule has 0 radical (unpaired) electrons. The summed E-state index contributed by atoms with van der Waals surface area (Å²) in [6, 6.07) is 4.79. The van der Waals surface area contributed by atoms with Gasteiger partial charge in [-0.1, -0.05) is 42.6 Å². The van der Waals surface area contributed by atoms with Crippen molar-refractivity contribution in [2.24, 2.45) is 11.3 Å². The van der Waals surface area contributed by atoms with E-state index in [1.807, 2.05) is 0 Å². The molecule has 5 heteroatoms. The van der Waals surface area contributed by atoms with Crippen LogP contribution in [0.15, 0.2) is 22.7 Å². The molecule has 1 aliphatic carbocycles. The normalized spacial score (nSPS) is 20.8. The SMILES string of the molecule is CC1(C)CCCCC1C(=O)Nc1cc(Br)ccc1C(=O)O. The van der Waals surface area contributed by atoms with Gasteiger partial charge in [-0.3, -0.25) is 4.79 Å². The Kier molecular flexibility index (Phi) is 4.71. The van der Waals surface area contributed by atoms with E-state index < -0.39 is 5.97 Å². The lowest BCUT2D eigenvalue weighted by Gasteiger charge is -2.37. The Morgan fingerprint density at radius 1 is 1.33 bits per heavy atom. The highest BCUT2D eigenvalue weighted by atomic mass is 79.9. The number of nitrogens with one attached hydrogen (secondary N) is 1. The van der Waals surface area contributed by atoms with E-state index in [9.17, 15) is 14.7 Å². The largest absolute Gasteiger partial charge is 0.478 e. The van der Waals surface area contributed by atoms with Crippen LogP contribution in [-0.4, -0.2) is 17.0 Å². The first kappa shape index (κ1) is 16.0. The van der Waals surface area contributed by atoms with Crippen LogP contribution in [0.3, 0.4) is 0 Å². The van der Waals surface area contributed by atoms with Crippen LogP contribution in [0, 0.1) is 11.3 Å². The van der Waals surface area contributed by atoms with Gasteiger partial charge in [0.15, 0.2) is 0 Å². The first-order valence-electron chi connectivity index (χ1n) is 7.15. The van der Waals surface area contributed by atoms with Gasteiger partial charge in [-0.2, -0.15) is 0 Å². The van der Waals surface area contributed by atoms with Crippen molar-refractivity contribution in [3.8, 4) is 0 Å². The third-order valence-electron chi connectivity index (χ3n) is 4.29. The van der Waals surface area contributed by atoms with Crippen molar-refractivity contribution in [2.45, 2.75) is 39.5 Å². The maximum Gasteiger partial charge on any atom is 0.337 e. The van der Waals surface area contributed by atoms with E-state index in [2.05, 4.69) is 35.1 Å². The van der Waals surface area contributed by atoms with Crippen LogP contribution >= 0.6 is 15.9 Å². The van der Waals surface area contributed by atoms with Gasteiger partial charge >= 0.3 is 5.97 Å². The lowest BCUT2D eigenvalue weighted by atomic mass is 9.68. The van der Waals surface area contributed by atoms with Crippen LogP contribution in [0.2, 0.25) is 0 Å². The minimum absolute atomic E-state index is 0.0439. The van der Waals surface area contributed by atoms with Crippen molar-refractivity contribution in [1.29, 1.82) is 0 Å². The summed E-state index contributed by atoms with van der Waals surface area (Å²) >= 11 is 3.31. The number of carbonyl (C=O) groups is 2. The van der Waals surface area contributed by atoms with Crippen molar-refractivity contribution in [1.82, 2.24) is 0 Å². The maximum absolute atomic E-state index is 12.5. The number of rotatable bonds is 3. The molecule has 0 spiro atoms. The number of carboxylic acids is 1. The smallest absolute Gasteiger partial charge is 0.337 e. The fraction of sp³-hybridized carbons (Fsp3) is 0.500. The third kappa shape index (κ3) is 3.64. The van der Waals surface area contributed by atoms with Gasteiger partial charge in [-0.15, -0.1) is 0 Å². The lowest BCUT2D eigenvalue weighted by molar-refractivity contribution is -0.124. The molecule has 21 heavy (non-hydrogen) atoms. The number of benzene rings is 1. The molecule has 1 unspecified atom stereocenters. The van der Waals surface area contributed by atoms with E-state index in [1.54, 1.807) is 12.1 Å². The second-order valence-corrected chi connectivity index (χ2v) is 7.19. The predicted octanol–water partition coefficient (Wildman–Crippen LogP) is 4.30. The molecule has 1 fully saturated rings. The van der Waals surface area contributed by atoms with Crippen LogP contribution in [0.25, 0.3) is 0 Å². The van der Waals surface area contributed by atoms with Crippen LogP contribution in [0.4, 0.5) is 5.69 Å². The maximum atomic E-state index is 12.5. The Labute approximate surface area is 133 Å². The van der Waals surface area contributed by atoms with Gasteiger partial charge < -0.3 is 10.4 Å². The topological polar surface area (TPSA) is 66.4 Å². The predicted molar refractivity (Wildman–Crippen MR) is 85.5 cm³/mol. The Balaban J connectivity index is 2.23. The molecule has 2 N–H and O–H groups in total. The molecule has 1 atom stereocenters. The van der Waals surface area contributed by atoms with Gasteiger partial charge in [0.2, 0.25) is 5.91 Å².